The number of amides is 1. The van der Waals surface area contributed by atoms with Gasteiger partial charge in [-0.2, -0.15) is 4.37 Å². The van der Waals surface area contributed by atoms with Crippen LogP contribution in [0.2, 0.25) is 0 Å². The van der Waals surface area contributed by atoms with E-state index in [1.807, 2.05) is 0 Å². The highest BCUT2D eigenvalue weighted by Crippen LogP contribution is 2.24. The van der Waals surface area contributed by atoms with Crippen molar-refractivity contribution in [3.63, 3.8) is 0 Å². The zero-order valence-corrected chi connectivity index (χ0v) is 10.8. The molecule has 1 aliphatic heterocycles. The van der Waals surface area contributed by atoms with Gasteiger partial charge < -0.3 is 15.7 Å². The summed E-state index contributed by atoms with van der Waals surface area (Å²) in [6.45, 7) is 2.44. The van der Waals surface area contributed by atoms with Gasteiger partial charge in [-0.3, -0.25) is 4.79 Å². The number of aryl methyl sites for hydroxylation is 1. The number of carbonyl (C=O) groups excluding carboxylic acids is 1. The van der Waals surface area contributed by atoms with Gasteiger partial charge in [0.1, 0.15) is 10.6 Å². The maximum absolute atomic E-state index is 12.0. The minimum atomic E-state index is -1.06. The van der Waals surface area contributed by atoms with Gasteiger partial charge in [0.15, 0.2) is 0 Å². The topological polar surface area (TPSA) is 91.3 Å². The Morgan fingerprint density at radius 3 is 2.89 bits per heavy atom. The number of nitrogens with zero attached hydrogens (tertiary/aromatic N) is 1. The lowest BCUT2D eigenvalue weighted by Gasteiger charge is -2.22. The summed E-state index contributed by atoms with van der Waals surface area (Å²) in [4.78, 5) is 23.0. The molecule has 1 amide bonds. The molecule has 3 N–H and O–H groups in total. The van der Waals surface area contributed by atoms with Crippen molar-refractivity contribution < 1.29 is 14.7 Å². The Kier molecular flexibility index (Phi) is 3.93. The number of piperidine rings is 1. The summed E-state index contributed by atoms with van der Waals surface area (Å²) in [5.74, 6) is -1.24. The summed E-state index contributed by atoms with van der Waals surface area (Å²) in [7, 11) is 0. The van der Waals surface area contributed by atoms with Gasteiger partial charge >= 0.3 is 5.97 Å². The molecule has 0 aromatic carbocycles. The first-order valence-electron chi connectivity index (χ1n) is 5.83. The highest BCUT2D eigenvalue weighted by atomic mass is 32.1. The molecule has 98 valence electrons. The van der Waals surface area contributed by atoms with Crippen LogP contribution < -0.4 is 10.6 Å². The Hall–Kier alpha value is -1.47. The van der Waals surface area contributed by atoms with Crippen LogP contribution in [-0.4, -0.2) is 33.9 Å². The number of carboxylic acid groups (broad SMARTS) is 1. The number of carboxylic acids is 1. The van der Waals surface area contributed by atoms with Gasteiger partial charge in [-0.15, -0.1) is 0 Å². The Bertz CT molecular complexity index is 466. The average molecular weight is 269 g/mol. The van der Waals surface area contributed by atoms with Gasteiger partial charge in [0, 0.05) is 0 Å². The largest absolute Gasteiger partial charge is 0.478 e. The molecule has 0 bridgehead atoms. The highest BCUT2D eigenvalue weighted by Gasteiger charge is 2.24. The number of anilines is 1. The first-order valence-corrected chi connectivity index (χ1v) is 6.60. The summed E-state index contributed by atoms with van der Waals surface area (Å²) in [6.07, 6.45) is 2.87. The molecule has 2 rings (SSSR count). The van der Waals surface area contributed by atoms with Gasteiger partial charge in [0.05, 0.1) is 11.7 Å². The van der Waals surface area contributed by atoms with Crippen LogP contribution in [0.1, 0.15) is 35.3 Å². The van der Waals surface area contributed by atoms with Crippen LogP contribution in [0.25, 0.3) is 0 Å². The minimum Gasteiger partial charge on any atom is -0.478 e. The second-order valence-electron chi connectivity index (χ2n) is 4.27. The molecule has 0 aliphatic carbocycles. The van der Waals surface area contributed by atoms with E-state index in [2.05, 4.69) is 15.0 Å². The summed E-state index contributed by atoms with van der Waals surface area (Å²) in [6, 6.07) is -0.234. The number of rotatable bonds is 3. The van der Waals surface area contributed by atoms with Crippen molar-refractivity contribution in [3.05, 3.63) is 11.3 Å². The molecule has 0 spiro atoms. The van der Waals surface area contributed by atoms with Gasteiger partial charge in [0.2, 0.25) is 5.91 Å². The zero-order valence-electron chi connectivity index (χ0n) is 10.0. The summed E-state index contributed by atoms with van der Waals surface area (Å²) in [5.41, 5.74) is 0.517. The van der Waals surface area contributed by atoms with Crippen molar-refractivity contribution in [2.24, 2.45) is 0 Å². The van der Waals surface area contributed by atoms with E-state index in [1.165, 1.54) is 0 Å². The van der Waals surface area contributed by atoms with Crippen molar-refractivity contribution in [2.45, 2.75) is 32.2 Å². The Labute approximate surface area is 109 Å². The van der Waals surface area contributed by atoms with E-state index in [4.69, 9.17) is 5.11 Å². The normalized spacial score (nSPS) is 19.5. The van der Waals surface area contributed by atoms with Crippen molar-refractivity contribution in [1.82, 2.24) is 9.69 Å². The molecule has 1 aliphatic rings. The number of nitrogens with one attached hydrogen (secondary N) is 2. The summed E-state index contributed by atoms with van der Waals surface area (Å²) in [5, 5.41) is 15.2. The van der Waals surface area contributed by atoms with Crippen molar-refractivity contribution in [3.8, 4) is 0 Å². The molecule has 18 heavy (non-hydrogen) atoms. The minimum absolute atomic E-state index is 0.0872. The van der Waals surface area contributed by atoms with Crippen LogP contribution in [0.4, 0.5) is 5.00 Å². The van der Waals surface area contributed by atoms with E-state index in [-0.39, 0.29) is 17.5 Å². The molecule has 7 heteroatoms. The van der Waals surface area contributed by atoms with E-state index in [1.54, 1.807) is 6.92 Å². The molecule has 1 aromatic heterocycles. The lowest BCUT2D eigenvalue weighted by Crippen LogP contribution is -2.43. The lowest BCUT2D eigenvalue weighted by atomic mass is 10.0. The smallest absolute Gasteiger partial charge is 0.340 e. The third-order valence-corrected chi connectivity index (χ3v) is 3.79. The van der Waals surface area contributed by atoms with Crippen molar-refractivity contribution >= 4 is 28.4 Å². The molecule has 1 fully saturated rings. The molecular weight excluding hydrogens is 254 g/mol. The molecular formula is C11H15N3O3S. The molecule has 0 unspecified atom stereocenters. The molecule has 1 aromatic rings. The molecule has 2 heterocycles. The van der Waals surface area contributed by atoms with Crippen LogP contribution in [0, 0.1) is 6.92 Å². The SMILES string of the molecule is Cc1nsc(NC(=O)[C@@H]2CCCCN2)c1C(=O)O. The van der Waals surface area contributed by atoms with Crippen LogP contribution in [0.3, 0.4) is 0 Å². The maximum Gasteiger partial charge on any atom is 0.340 e. The van der Waals surface area contributed by atoms with E-state index in [0.29, 0.717) is 10.7 Å². The van der Waals surface area contributed by atoms with Crippen LogP contribution in [0.5, 0.6) is 0 Å². The standard InChI is InChI=1S/C11H15N3O3S/c1-6-8(11(16)17)10(18-14-6)13-9(15)7-4-2-3-5-12-7/h7,12H,2-5H2,1H3,(H,13,15)(H,16,17)/t7-/m0/s1. The summed E-state index contributed by atoms with van der Waals surface area (Å²) < 4.78 is 3.96. The number of aromatic carboxylic acids is 1. The van der Waals surface area contributed by atoms with Gasteiger partial charge in [-0.1, -0.05) is 6.42 Å². The third-order valence-electron chi connectivity index (χ3n) is 2.94. The predicted octanol–water partition coefficient (Wildman–Crippen LogP) is 1.23. The first kappa shape index (κ1) is 13.0. The summed E-state index contributed by atoms with van der Waals surface area (Å²) >= 11 is 1.01. The molecule has 1 saturated heterocycles. The van der Waals surface area contributed by atoms with E-state index in [9.17, 15) is 9.59 Å². The predicted molar refractivity (Wildman–Crippen MR) is 68.1 cm³/mol. The molecule has 1 atom stereocenters. The van der Waals surface area contributed by atoms with Gasteiger partial charge in [-0.25, -0.2) is 4.79 Å². The average Bonchev–Trinajstić information content (AvgIpc) is 2.71. The maximum atomic E-state index is 12.0. The third kappa shape index (κ3) is 2.68. The zero-order chi connectivity index (χ0) is 13.1. The Balaban J connectivity index is 2.09. The van der Waals surface area contributed by atoms with E-state index >= 15 is 0 Å². The van der Waals surface area contributed by atoms with E-state index in [0.717, 1.165) is 37.3 Å². The number of hydrogen-bond donors (Lipinski definition) is 3. The Morgan fingerprint density at radius 2 is 2.28 bits per heavy atom. The fraction of sp³-hybridized carbons (Fsp3) is 0.545. The highest BCUT2D eigenvalue weighted by molar-refractivity contribution is 7.11. The molecule has 6 nitrogen and oxygen atoms in total. The quantitative estimate of drug-likeness (QED) is 0.767. The molecule has 0 radical (unpaired) electrons. The fourth-order valence-electron chi connectivity index (χ4n) is 1.98. The number of hydrogen-bond acceptors (Lipinski definition) is 5. The second-order valence-corrected chi connectivity index (χ2v) is 5.04. The molecule has 0 saturated carbocycles. The monoisotopic (exact) mass is 269 g/mol. The van der Waals surface area contributed by atoms with E-state index < -0.39 is 5.97 Å². The van der Waals surface area contributed by atoms with Gasteiger partial charge in [-0.05, 0) is 37.8 Å². The van der Waals surface area contributed by atoms with Crippen LogP contribution >= 0.6 is 11.5 Å². The fourth-order valence-corrected chi connectivity index (χ4v) is 2.77. The number of carbonyl (C=O) groups is 2. The van der Waals surface area contributed by atoms with Crippen LogP contribution in [0.15, 0.2) is 0 Å². The lowest BCUT2D eigenvalue weighted by molar-refractivity contribution is -0.118. The first-order chi connectivity index (χ1) is 8.59. The second kappa shape index (κ2) is 5.45. The van der Waals surface area contributed by atoms with Crippen LogP contribution in [-0.2, 0) is 4.79 Å². The van der Waals surface area contributed by atoms with Crippen molar-refractivity contribution in [1.29, 1.82) is 0 Å². The number of aromatic nitrogens is 1. The van der Waals surface area contributed by atoms with Gasteiger partial charge in [0.25, 0.3) is 0 Å². The van der Waals surface area contributed by atoms with Crippen molar-refractivity contribution in [2.75, 3.05) is 11.9 Å². The Morgan fingerprint density at radius 1 is 1.50 bits per heavy atom.